The summed E-state index contributed by atoms with van der Waals surface area (Å²) in [6.45, 7) is 8.50. The number of aromatic amines is 1. The predicted molar refractivity (Wildman–Crippen MR) is 110 cm³/mol. The fourth-order valence-electron chi connectivity index (χ4n) is 3.74. The van der Waals surface area contributed by atoms with E-state index in [4.69, 9.17) is 4.74 Å². The number of aromatic nitrogens is 1. The molecule has 0 radical (unpaired) electrons. The van der Waals surface area contributed by atoms with Crippen molar-refractivity contribution in [2.45, 2.75) is 33.1 Å². The van der Waals surface area contributed by atoms with Crippen molar-refractivity contribution in [3.63, 3.8) is 0 Å². The number of hydrogen-bond donors (Lipinski definition) is 1. The van der Waals surface area contributed by atoms with Gasteiger partial charge in [0.05, 0.1) is 17.9 Å². The highest BCUT2D eigenvalue weighted by atomic mass is 16.5. The highest BCUT2D eigenvalue weighted by Gasteiger charge is 2.35. The van der Waals surface area contributed by atoms with Gasteiger partial charge < -0.3 is 9.72 Å². The molecule has 4 heteroatoms. The average Bonchev–Trinajstić information content (AvgIpc) is 3.18. The van der Waals surface area contributed by atoms with E-state index < -0.39 is 5.97 Å². The highest BCUT2D eigenvalue weighted by molar-refractivity contribution is 6.26. The fourth-order valence-corrected chi connectivity index (χ4v) is 3.74. The smallest absolute Gasteiger partial charge is 0.355 e. The molecule has 0 spiro atoms. The SMILES string of the molecule is CCOC(=O)c1[nH]c2c(c1-c1ccc(C(C)(C)C)cc1)C(=O)c1ccccc1-2. The Morgan fingerprint density at radius 3 is 2.21 bits per heavy atom. The number of carbonyl (C=O) groups is 2. The van der Waals surface area contributed by atoms with Crippen molar-refractivity contribution in [3.05, 3.63) is 70.9 Å². The van der Waals surface area contributed by atoms with E-state index in [0.717, 1.165) is 11.1 Å². The molecule has 1 N–H and O–H groups in total. The van der Waals surface area contributed by atoms with Crippen molar-refractivity contribution in [3.8, 4) is 22.4 Å². The Bertz CT molecular complexity index is 1080. The van der Waals surface area contributed by atoms with Crippen molar-refractivity contribution in [1.82, 2.24) is 4.98 Å². The third kappa shape index (κ3) is 2.76. The molecular formula is C24H23NO3. The van der Waals surface area contributed by atoms with Gasteiger partial charge >= 0.3 is 5.97 Å². The molecule has 1 aliphatic carbocycles. The number of H-pyrrole nitrogens is 1. The van der Waals surface area contributed by atoms with Gasteiger partial charge in [-0.05, 0) is 23.5 Å². The molecular weight excluding hydrogens is 350 g/mol. The van der Waals surface area contributed by atoms with Crippen LogP contribution in [0.1, 0.15) is 59.7 Å². The summed E-state index contributed by atoms with van der Waals surface area (Å²) in [5, 5.41) is 0. The monoisotopic (exact) mass is 373 g/mol. The molecule has 0 atom stereocenters. The topological polar surface area (TPSA) is 59.2 Å². The first kappa shape index (κ1) is 18.2. The van der Waals surface area contributed by atoms with E-state index >= 15 is 0 Å². The molecule has 0 saturated heterocycles. The first-order valence-corrected chi connectivity index (χ1v) is 9.51. The molecule has 0 saturated carbocycles. The summed E-state index contributed by atoms with van der Waals surface area (Å²) < 4.78 is 5.25. The second-order valence-electron chi connectivity index (χ2n) is 8.05. The fraction of sp³-hybridized carbons (Fsp3) is 0.250. The Morgan fingerprint density at radius 2 is 1.61 bits per heavy atom. The van der Waals surface area contributed by atoms with Gasteiger partial charge in [-0.2, -0.15) is 0 Å². The number of nitrogens with one attached hydrogen (secondary N) is 1. The maximum Gasteiger partial charge on any atom is 0.355 e. The largest absolute Gasteiger partial charge is 0.461 e. The lowest BCUT2D eigenvalue weighted by Gasteiger charge is -2.19. The molecule has 0 unspecified atom stereocenters. The number of benzene rings is 2. The highest BCUT2D eigenvalue weighted by Crippen LogP contribution is 2.43. The lowest BCUT2D eigenvalue weighted by atomic mass is 9.86. The van der Waals surface area contributed by atoms with Gasteiger partial charge in [0.1, 0.15) is 5.69 Å². The van der Waals surface area contributed by atoms with Gasteiger partial charge in [-0.25, -0.2) is 4.79 Å². The standard InChI is InChI=1S/C24H23NO3/c1-5-28-23(27)21-18(14-10-12-15(13-11-14)24(2,3)4)19-20(25-21)16-8-6-7-9-17(16)22(19)26/h6-13,25H,5H2,1-4H3. The molecule has 1 heterocycles. The molecule has 3 aromatic rings. The van der Waals surface area contributed by atoms with Crippen molar-refractivity contribution < 1.29 is 14.3 Å². The van der Waals surface area contributed by atoms with E-state index in [1.165, 1.54) is 5.56 Å². The number of esters is 1. The molecule has 0 fully saturated rings. The molecule has 28 heavy (non-hydrogen) atoms. The molecule has 0 amide bonds. The summed E-state index contributed by atoms with van der Waals surface area (Å²) in [7, 11) is 0. The van der Waals surface area contributed by atoms with Gasteiger partial charge in [-0.3, -0.25) is 4.79 Å². The number of ketones is 1. The Labute approximate surface area is 164 Å². The second-order valence-corrected chi connectivity index (χ2v) is 8.05. The summed E-state index contributed by atoms with van der Waals surface area (Å²) in [6.07, 6.45) is 0. The number of fused-ring (bicyclic) bond motifs is 3. The lowest BCUT2D eigenvalue weighted by molar-refractivity contribution is 0.0521. The van der Waals surface area contributed by atoms with E-state index in [0.29, 0.717) is 28.1 Å². The van der Waals surface area contributed by atoms with Crippen LogP contribution in [0.15, 0.2) is 48.5 Å². The number of carbonyl (C=O) groups excluding carboxylic acids is 2. The summed E-state index contributed by atoms with van der Waals surface area (Å²) in [4.78, 5) is 28.9. The molecule has 1 aromatic heterocycles. The van der Waals surface area contributed by atoms with Crippen molar-refractivity contribution in [1.29, 1.82) is 0 Å². The Morgan fingerprint density at radius 1 is 0.964 bits per heavy atom. The van der Waals surface area contributed by atoms with Crippen LogP contribution in [0, 0.1) is 0 Å². The Kier molecular flexibility index (Phi) is 4.22. The van der Waals surface area contributed by atoms with Gasteiger partial charge in [0, 0.05) is 16.7 Å². The number of hydrogen-bond acceptors (Lipinski definition) is 3. The number of ether oxygens (including phenoxy) is 1. The summed E-state index contributed by atoms with van der Waals surface area (Å²) in [6, 6.07) is 15.5. The summed E-state index contributed by atoms with van der Waals surface area (Å²) >= 11 is 0. The van der Waals surface area contributed by atoms with Crippen LogP contribution in [0.2, 0.25) is 0 Å². The molecule has 4 rings (SSSR count). The third-order valence-electron chi connectivity index (χ3n) is 5.19. The molecule has 142 valence electrons. The molecule has 0 aliphatic heterocycles. The van der Waals surface area contributed by atoms with Crippen molar-refractivity contribution in [2.24, 2.45) is 0 Å². The van der Waals surface area contributed by atoms with E-state index in [1.54, 1.807) is 6.92 Å². The van der Waals surface area contributed by atoms with Gasteiger partial charge in [-0.15, -0.1) is 0 Å². The molecule has 0 bridgehead atoms. The van der Waals surface area contributed by atoms with Gasteiger partial charge in [0.15, 0.2) is 5.78 Å². The maximum atomic E-state index is 13.1. The van der Waals surface area contributed by atoms with Crippen LogP contribution in [0.25, 0.3) is 22.4 Å². The van der Waals surface area contributed by atoms with Crippen molar-refractivity contribution >= 4 is 11.8 Å². The van der Waals surface area contributed by atoms with Crippen LogP contribution >= 0.6 is 0 Å². The van der Waals surface area contributed by atoms with E-state index in [9.17, 15) is 9.59 Å². The minimum atomic E-state index is -0.447. The normalized spacial score (nSPS) is 12.6. The maximum absolute atomic E-state index is 13.1. The van der Waals surface area contributed by atoms with Crippen molar-refractivity contribution in [2.75, 3.05) is 6.61 Å². The van der Waals surface area contributed by atoms with Crippen LogP contribution < -0.4 is 0 Å². The minimum Gasteiger partial charge on any atom is -0.461 e. The summed E-state index contributed by atoms with van der Waals surface area (Å²) in [5.41, 5.74) is 5.72. The zero-order chi connectivity index (χ0) is 20.1. The summed E-state index contributed by atoms with van der Waals surface area (Å²) in [5.74, 6) is -0.510. The molecule has 1 aliphatic rings. The number of rotatable bonds is 3. The molecule has 2 aromatic carbocycles. The van der Waals surface area contributed by atoms with Gasteiger partial charge in [0.25, 0.3) is 0 Å². The molecule has 4 nitrogen and oxygen atoms in total. The quantitative estimate of drug-likeness (QED) is 0.491. The predicted octanol–water partition coefficient (Wildman–Crippen LogP) is 5.37. The third-order valence-corrected chi connectivity index (χ3v) is 5.19. The average molecular weight is 373 g/mol. The van der Waals surface area contributed by atoms with E-state index in [-0.39, 0.29) is 17.8 Å². The van der Waals surface area contributed by atoms with Gasteiger partial charge in [0.2, 0.25) is 0 Å². The Hall–Kier alpha value is -3.14. The van der Waals surface area contributed by atoms with Crippen LogP contribution in [-0.4, -0.2) is 23.3 Å². The van der Waals surface area contributed by atoms with E-state index in [2.05, 4.69) is 37.9 Å². The minimum absolute atomic E-state index is 0.0225. The van der Waals surface area contributed by atoms with E-state index in [1.807, 2.05) is 36.4 Å². The van der Waals surface area contributed by atoms with Crippen LogP contribution in [0.4, 0.5) is 0 Å². The first-order chi connectivity index (χ1) is 13.3. The lowest BCUT2D eigenvalue weighted by Crippen LogP contribution is -2.11. The van der Waals surface area contributed by atoms with Crippen LogP contribution in [-0.2, 0) is 10.2 Å². The van der Waals surface area contributed by atoms with Crippen LogP contribution in [0.3, 0.4) is 0 Å². The zero-order valence-corrected chi connectivity index (χ0v) is 16.6. The van der Waals surface area contributed by atoms with Gasteiger partial charge in [-0.1, -0.05) is 69.3 Å². The second kappa shape index (κ2) is 6.48. The Balaban J connectivity index is 1.93. The zero-order valence-electron chi connectivity index (χ0n) is 16.6. The van der Waals surface area contributed by atoms with Crippen LogP contribution in [0.5, 0.6) is 0 Å². The first-order valence-electron chi connectivity index (χ1n) is 9.51.